The summed E-state index contributed by atoms with van der Waals surface area (Å²) in [6.45, 7) is 6.45. The van der Waals surface area contributed by atoms with Crippen molar-refractivity contribution in [2.75, 3.05) is 0 Å². The first-order valence-electron chi connectivity index (χ1n) is 3.69. The molecule has 0 bridgehead atoms. The van der Waals surface area contributed by atoms with Crippen molar-refractivity contribution in [2.24, 2.45) is 5.73 Å². The molecule has 0 saturated carbocycles. The zero-order chi connectivity index (χ0) is 8.27. The van der Waals surface area contributed by atoms with Gasteiger partial charge in [0.25, 0.3) is 0 Å². The predicted molar refractivity (Wildman–Crippen MR) is 49.0 cm³/mol. The van der Waals surface area contributed by atoms with Gasteiger partial charge in [0.1, 0.15) is 0 Å². The minimum atomic E-state index is 0.598. The SMILES string of the molecule is C=C(C)c1cccc(CN)c1. The van der Waals surface area contributed by atoms with Crippen molar-refractivity contribution in [2.45, 2.75) is 13.5 Å². The van der Waals surface area contributed by atoms with Gasteiger partial charge in [0, 0.05) is 6.54 Å². The number of hydrogen-bond donors (Lipinski definition) is 1. The average molecular weight is 147 g/mol. The van der Waals surface area contributed by atoms with Gasteiger partial charge in [-0.3, -0.25) is 0 Å². The largest absolute Gasteiger partial charge is 0.326 e. The van der Waals surface area contributed by atoms with Gasteiger partial charge in [-0.25, -0.2) is 0 Å². The van der Waals surface area contributed by atoms with Crippen LogP contribution in [-0.2, 0) is 6.54 Å². The van der Waals surface area contributed by atoms with E-state index >= 15 is 0 Å². The summed E-state index contributed by atoms with van der Waals surface area (Å²) < 4.78 is 0. The maximum absolute atomic E-state index is 5.49. The first kappa shape index (κ1) is 8.02. The van der Waals surface area contributed by atoms with E-state index in [1.165, 1.54) is 5.56 Å². The molecular weight excluding hydrogens is 134 g/mol. The Morgan fingerprint density at radius 1 is 1.55 bits per heavy atom. The first-order valence-corrected chi connectivity index (χ1v) is 3.69. The fourth-order valence-corrected chi connectivity index (χ4v) is 0.964. The van der Waals surface area contributed by atoms with Crippen molar-refractivity contribution < 1.29 is 0 Å². The summed E-state index contributed by atoms with van der Waals surface area (Å²) in [5, 5.41) is 0. The number of rotatable bonds is 2. The Morgan fingerprint density at radius 3 is 2.82 bits per heavy atom. The fourth-order valence-electron chi connectivity index (χ4n) is 0.964. The van der Waals surface area contributed by atoms with Crippen LogP contribution in [0.25, 0.3) is 5.57 Å². The van der Waals surface area contributed by atoms with Crippen molar-refractivity contribution >= 4 is 5.57 Å². The maximum atomic E-state index is 5.49. The van der Waals surface area contributed by atoms with Gasteiger partial charge in [-0.2, -0.15) is 0 Å². The smallest absolute Gasteiger partial charge is 0.0178 e. The minimum Gasteiger partial charge on any atom is -0.326 e. The molecule has 0 fully saturated rings. The van der Waals surface area contributed by atoms with E-state index < -0.39 is 0 Å². The van der Waals surface area contributed by atoms with Crippen LogP contribution in [0.3, 0.4) is 0 Å². The van der Waals surface area contributed by atoms with E-state index in [9.17, 15) is 0 Å². The average Bonchev–Trinajstić information content (AvgIpc) is 2.05. The van der Waals surface area contributed by atoms with Crippen molar-refractivity contribution in [3.05, 3.63) is 42.0 Å². The van der Waals surface area contributed by atoms with E-state index in [1.807, 2.05) is 25.1 Å². The van der Waals surface area contributed by atoms with E-state index in [4.69, 9.17) is 5.73 Å². The highest BCUT2D eigenvalue weighted by molar-refractivity contribution is 5.61. The van der Waals surface area contributed by atoms with Crippen LogP contribution in [0.1, 0.15) is 18.1 Å². The molecule has 0 atom stereocenters. The molecule has 11 heavy (non-hydrogen) atoms. The van der Waals surface area contributed by atoms with Gasteiger partial charge in [-0.15, -0.1) is 0 Å². The molecule has 0 saturated heterocycles. The third-order valence-electron chi connectivity index (χ3n) is 1.66. The molecule has 1 nitrogen and oxygen atoms in total. The molecule has 0 spiro atoms. The Hall–Kier alpha value is -1.08. The third kappa shape index (κ3) is 1.92. The van der Waals surface area contributed by atoms with Gasteiger partial charge in [0.15, 0.2) is 0 Å². The summed E-state index contributed by atoms with van der Waals surface area (Å²) in [5.41, 5.74) is 8.90. The zero-order valence-corrected chi connectivity index (χ0v) is 6.80. The Balaban J connectivity index is 3.01. The molecule has 0 amide bonds. The van der Waals surface area contributed by atoms with E-state index in [-0.39, 0.29) is 0 Å². The number of nitrogens with two attached hydrogens (primary N) is 1. The molecule has 1 heteroatoms. The van der Waals surface area contributed by atoms with Crippen molar-refractivity contribution in [1.82, 2.24) is 0 Å². The monoisotopic (exact) mass is 147 g/mol. The molecule has 58 valence electrons. The molecule has 0 radical (unpaired) electrons. The molecule has 0 aliphatic rings. The Morgan fingerprint density at radius 2 is 2.27 bits per heavy atom. The number of hydrogen-bond acceptors (Lipinski definition) is 1. The maximum Gasteiger partial charge on any atom is 0.0178 e. The summed E-state index contributed by atoms with van der Waals surface area (Å²) in [5.74, 6) is 0. The summed E-state index contributed by atoms with van der Waals surface area (Å²) >= 11 is 0. The molecular formula is C10H13N. The van der Waals surface area contributed by atoms with Crippen LogP contribution in [-0.4, -0.2) is 0 Å². The minimum absolute atomic E-state index is 0.598. The Kier molecular flexibility index (Phi) is 2.44. The second-order valence-corrected chi connectivity index (χ2v) is 2.68. The van der Waals surface area contributed by atoms with Crippen LogP contribution < -0.4 is 5.73 Å². The molecule has 0 aliphatic carbocycles. The van der Waals surface area contributed by atoms with Gasteiger partial charge in [0.2, 0.25) is 0 Å². The predicted octanol–water partition coefficient (Wildman–Crippen LogP) is 2.18. The van der Waals surface area contributed by atoms with Crippen LogP contribution in [0.4, 0.5) is 0 Å². The lowest BCUT2D eigenvalue weighted by Gasteiger charge is -2.01. The highest BCUT2D eigenvalue weighted by Gasteiger charge is 1.93. The van der Waals surface area contributed by atoms with Crippen LogP contribution in [0, 0.1) is 0 Å². The lowest BCUT2D eigenvalue weighted by Crippen LogP contribution is -1.96. The summed E-state index contributed by atoms with van der Waals surface area (Å²) in [7, 11) is 0. The van der Waals surface area contributed by atoms with Crippen LogP contribution in [0.15, 0.2) is 30.8 Å². The lowest BCUT2D eigenvalue weighted by atomic mass is 10.1. The molecule has 0 heterocycles. The van der Waals surface area contributed by atoms with Gasteiger partial charge in [-0.05, 0) is 18.1 Å². The second kappa shape index (κ2) is 3.35. The van der Waals surface area contributed by atoms with Crippen LogP contribution in [0.2, 0.25) is 0 Å². The molecule has 1 aromatic rings. The normalized spacial score (nSPS) is 9.64. The van der Waals surface area contributed by atoms with Crippen LogP contribution >= 0.6 is 0 Å². The third-order valence-corrected chi connectivity index (χ3v) is 1.66. The van der Waals surface area contributed by atoms with Gasteiger partial charge >= 0.3 is 0 Å². The fraction of sp³-hybridized carbons (Fsp3) is 0.200. The van der Waals surface area contributed by atoms with Crippen LogP contribution in [0.5, 0.6) is 0 Å². The Labute approximate surface area is 67.5 Å². The molecule has 1 rings (SSSR count). The summed E-state index contributed by atoms with van der Waals surface area (Å²) in [6, 6.07) is 8.14. The standard InChI is InChI=1S/C10H13N/c1-8(2)10-5-3-4-9(6-10)7-11/h3-6H,1,7,11H2,2H3. The second-order valence-electron chi connectivity index (χ2n) is 2.68. The van der Waals surface area contributed by atoms with Crippen molar-refractivity contribution in [1.29, 1.82) is 0 Å². The molecule has 0 aliphatic heterocycles. The van der Waals surface area contributed by atoms with Crippen molar-refractivity contribution in [3.63, 3.8) is 0 Å². The van der Waals surface area contributed by atoms with E-state index in [0.29, 0.717) is 6.54 Å². The van der Waals surface area contributed by atoms with Gasteiger partial charge in [-0.1, -0.05) is 36.4 Å². The lowest BCUT2D eigenvalue weighted by molar-refractivity contribution is 1.07. The molecule has 0 unspecified atom stereocenters. The summed E-state index contributed by atoms with van der Waals surface area (Å²) in [4.78, 5) is 0. The topological polar surface area (TPSA) is 26.0 Å². The van der Waals surface area contributed by atoms with Gasteiger partial charge < -0.3 is 5.73 Å². The highest BCUT2D eigenvalue weighted by atomic mass is 14.5. The molecule has 1 aromatic carbocycles. The molecule has 0 aromatic heterocycles. The first-order chi connectivity index (χ1) is 5.24. The zero-order valence-electron chi connectivity index (χ0n) is 6.80. The van der Waals surface area contributed by atoms with E-state index in [0.717, 1.165) is 11.1 Å². The summed E-state index contributed by atoms with van der Waals surface area (Å²) in [6.07, 6.45) is 0. The molecule has 2 N–H and O–H groups in total. The Bertz CT molecular complexity index is 263. The highest BCUT2D eigenvalue weighted by Crippen LogP contribution is 2.12. The van der Waals surface area contributed by atoms with E-state index in [1.54, 1.807) is 0 Å². The van der Waals surface area contributed by atoms with E-state index in [2.05, 4.69) is 12.6 Å². The quantitative estimate of drug-likeness (QED) is 0.681. The van der Waals surface area contributed by atoms with Gasteiger partial charge in [0.05, 0.1) is 0 Å². The van der Waals surface area contributed by atoms with Crippen molar-refractivity contribution in [3.8, 4) is 0 Å². The number of benzene rings is 1. The number of allylic oxidation sites excluding steroid dienone is 1.